The molecule has 11 rings (SSSR count). The molecule has 0 saturated carbocycles. The summed E-state index contributed by atoms with van der Waals surface area (Å²) < 4.78 is 4.89. The van der Waals surface area contributed by atoms with E-state index in [0.29, 0.717) is 5.95 Å². The van der Waals surface area contributed by atoms with Gasteiger partial charge in [0.05, 0.1) is 22.2 Å². The van der Waals surface area contributed by atoms with Crippen LogP contribution in [0.3, 0.4) is 0 Å². The number of benzene rings is 7. The molecule has 7 aromatic carbocycles. The number of hydrogen-bond acceptors (Lipinski definition) is 3. The van der Waals surface area contributed by atoms with E-state index in [-0.39, 0.29) is 0 Å². The highest BCUT2D eigenvalue weighted by molar-refractivity contribution is 7.26. The Morgan fingerprint density at radius 2 is 1.20 bits per heavy atom. The Kier molecular flexibility index (Phi) is 4.72. The molecule has 0 spiro atoms. The zero-order valence-electron chi connectivity index (χ0n) is 24.5. The molecule has 46 heavy (non-hydrogen) atoms. The maximum absolute atomic E-state index is 5.35. The average Bonchev–Trinajstić information content (AvgIpc) is 3.61. The minimum atomic E-state index is 0.685. The van der Waals surface area contributed by atoms with Crippen molar-refractivity contribution in [1.82, 2.24) is 14.5 Å². The predicted molar refractivity (Wildman–Crippen MR) is 194 cm³/mol. The highest BCUT2D eigenvalue weighted by atomic mass is 32.1. The highest BCUT2D eigenvalue weighted by Crippen LogP contribution is 2.54. The van der Waals surface area contributed by atoms with Crippen LogP contribution in [0, 0.1) is 0 Å². The van der Waals surface area contributed by atoms with Gasteiger partial charge in [-0.25, -0.2) is 9.97 Å². The van der Waals surface area contributed by atoms with Gasteiger partial charge >= 0.3 is 0 Å². The van der Waals surface area contributed by atoms with Crippen LogP contribution in [-0.4, -0.2) is 14.5 Å². The Balaban J connectivity index is 1.37. The van der Waals surface area contributed by atoms with E-state index in [1.807, 2.05) is 11.3 Å². The first-order valence-electron chi connectivity index (χ1n) is 15.6. The van der Waals surface area contributed by atoms with E-state index in [1.54, 1.807) is 0 Å². The van der Waals surface area contributed by atoms with E-state index in [2.05, 4.69) is 144 Å². The van der Waals surface area contributed by atoms with Crippen LogP contribution in [0.4, 0.5) is 0 Å². The zero-order valence-corrected chi connectivity index (χ0v) is 25.3. The monoisotopic (exact) mass is 601 g/mol. The molecular formula is C42H23N3S. The number of nitrogens with zero attached hydrogens (tertiary/aromatic N) is 3. The van der Waals surface area contributed by atoms with Gasteiger partial charge in [-0.15, -0.1) is 11.3 Å². The number of thiophene rings is 1. The van der Waals surface area contributed by atoms with Crippen LogP contribution in [0.2, 0.25) is 0 Å². The van der Waals surface area contributed by atoms with E-state index < -0.39 is 0 Å². The van der Waals surface area contributed by atoms with Crippen molar-refractivity contribution in [3.05, 3.63) is 140 Å². The van der Waals surface area contributed by atoms with Gasteiger partial charge in [0.15, 0.2) is 0 Å². The minimum absolute atomic E-state index is 0.685. The maximum atomic E-state index is 5.35. The van der Waals surface area contributed by atoms with Crippen molar-refractivity contribution in [2.45, 2.75) is 0 Å². The van der Waals surface area contributed by atoms with Crippen LogP contribution in [-0.2, 0) is 0 Å². The van der Waals surface area contributed by atoms with Crippen molar-refractivity contribution in [3.8, 4) is 39.5 Å². The largest absolute Gasteiger partial charge is 0.278 e. The van der Waals surface area contributed by atoms with E-state index >= 15 is 0 Å². The molecule has 0 saturated heterocycles. The molecule has 10 aromatic rings. The van der Waals surface area contributed by atoms with Crippen LogP contribution in [0.25, 0.3) is 103 Å². The fourth-order valence-electron chi connectivity index (χ4n) is 7.89. The van der Waals surface area contributed by atoms with Crippen LogP contribution >= 0.6 is 11.3 Å². The lowest BCUT2D eigenvalue weighted by Gasteiger charge is -2.13. The first kappa shape index (κ1) is 24.5. The lowest BCUT2D eigenvalue weighted by Crippen LogP contribution is -2.03. The van der Waals surface area contributed by atoms with Crippen molar-refractivity contribution in [3.63, 3.8) is 0 Å². The van der Waals surface area contributed by atoms with Gasteiger partial charge in [-0.1, -0.05) is 115 Å². The molecule has 0 aliphatic heterocycles. The lowest BCUT2D eigenvalue weighted by atomic mass is 9.91. The molecule has 4 heteroatoms. The number of rotatable bonds is 2. The van der Waals surface area contributed by atoms with Gasteiger partial charge in [-0.05, 0) is 51.7 Å². The Morgan fingerprint density at radius 1 is 0.478 bits per heavy atom. The molecule has 3 nitrogen and oxygen atoms in total. The molecule has 1 aliphatic carbocycles. The van der Waals surface area contributed by atoms with Gasteiger partial charge in [0.2, 0.25) is 5.95 Å². The summed E-state index contributed by atoms with van der Waals surface area (Å²) >= 11 is 1.88. The SMILES string of the molecule is c1ccc(-c2nc(-n3c4ccccc4c4c5c6c(cc43)sc3cccc(c36)-c3cccc4cccc-5c34)nc3ccccc23)cc1. The van der Waals surface area contributed by atoms with E-state index in [1.165, 1.54) is 64.0 Å². The molecule has 0 N–H and O–H groups in total. The number of aromatic nitrogens is 3. The van der Waals surface area contributed by atoms with Crippen molar-refractivity contribution in [1.29, 1.82) is 0 Å². The summed E-state index contributed by atoms with van der Waals surface area (Å²) in [4.78, 5) is 10.6. The molecule has 0 bridgehead atoms. The topological polar surface area (TPSA) is 30.7 Å². The molecular weight excluding hydrogens is 579 g/mol. The molecule has 0 amide bonds. The van der Waals surface area contributed by atoms with E-state index in [0.717, 1.165) is 33.2 Å². The molecule has 3 aromatic heterocycles. The van der Waals surface area contributed by atoms with Crippen LogP contribution in [0.15, 0.2) is 140 Å². The molecule has 212 valence electrons. The summed E-state index contributed by atoms with van der Waals surface area (Å²) in [5, 5.41) is 8.79. The summed E-state index contributed by atoms with van der Waals surface area (Å²) in [6, 6.07) is 50.3. The molecule has 0 unspecified atom stereocenters. The summed E-state index contributed by atoms with van der Waals surface area (Å²) in [6.07, 6.45) is 0. The quantitative estimate of drug-likeness (QED) is 0.197. The highest BCUT2D eigenvalue weighted by Gasteiger charge is 2.27. The third-order valence-electron chi connectivity index (χ3n) is 9.72. The standard InChI is InChI=1S/C42H23N3S/c1-2-11-25(12-3-1)41-28-15-4-6-20-31(28)43-42(44-41)45-32-21-7-5-16-29(32)37-33(45)23-35-40-38-27(18-10-22-34(38)46-35)26-17-8-13-24-14-9-19-30(36(24)26)39(37)40/h1-23H. The van der Waals surface area contributed by atoms with Gasteiger partial charge in [-0.3, -0.25) is 4.57 Å². The normalized spacial score (nSPS) is 12.3. The summed E-state index contributed by atoms with van der Waals surface area (Å²) in [6.45, 7) is 0. The fraction of sp³-hybridized carbons (Fsp3) is 0. The van der Waals surface area contributed by atoms with Crippen molar-refractivity contribution < 1.29 is 0 Å². The summed E-state index contributed by atoms with van der Waals surface area (Å²) in [7, 11) is 0. The molecule has 0 fully saturated rings. The third-order valence-corrected chi connectivity index (χ3v) is 10.8. The minimum Gasteiger partial charge on any atom is -0.278 e. The second-order valence-corrected chi connectivity index (χ2v) is 13.2. The van der Waals surface area contributed by atoms with Gasteiger partial charge in [0.1, 0.15) is 0 Å². The van der Waals surface area contributed by atoms with Crippen LogP contribution < -0.4 is 0 Å². The molecule has 0 atom stereocenters. The average molecular weight is 602 g/mol. The Hall–Kier alpha value is -5.84. The first-order valence-corrected chi connectivity index (χ1v) is 16.4. The van der Waals surface area contributed by atoms with Gasteiger partial charge in [-0.2, -0.15) is 0 Å². The van der Waals surface area contributed by atoms with Crippen LogP contribution in [0.1, 0.15) is 0 Å². The second-order valence-electron chi connectivity index (χ2n) is 12.1. The van der Waals surface area contributed by atoms with Gasteiger partial charge < -0.3 is 0 Å². The Morgan fingerprint density at radius 3 is 2.07 bits per heavy atom. The van der Waals surface area contributed by atoms with Gasteiger partial charge in [0.25, 0.3) is 0 Å². The van der Waals surface area contributed by atoms with Crippen LogP contribution in [0.5, 0.6) is 0 Å². The number of hydrogen-bond donors (Lipinski definition) is 0. The van der Waals surface area contributed by atoms with E-state index in [9.17, 15) is 0 Å². The molecule has 1 aliphatic rings. The molecule has 3 heterocycles. The smallest absolute Gasteiger partial charge is 0.235 e. The van der Waals surface area contributed by atoms with Crippen molar-refractivity contribution in [2.75, 3.05) is 0 Å². The second kappa shape index (κ2) is 8.87. The summed E-state index contributed by atoms with van der Waals surface area (Å²) in [5.41, 5.74) is 10.4. The summed E-state index contributed by atoms with van der Waals surface area (Å²) in [5.74, 6) is 0.685. The first-order chi connectivity index (χ1) is 22.8. The lowest BCUT2D eigenvalue weighted by molar-refractivity contribution is 1.01. The number of para-hydroxylation sites is 2. The number of fused-ring (bicyclic) bond motifs is 7. The third kappa shape index (κ3) is 3.11. The fourth-order valence-corrected chi connectivity index (χ4v) is 9.06. The maximum Gasteiger partial charge on any atom is 0.235 e. The predicted octanol–water partition coefficient (Wildman–Crippen LogP) is 11.6. The van der Waals surface area contributed by atoms with Gasteiger partial charge in [0, 0.05) is 47.5 Å². The zero-order chi connectivity index (χ0) is 29.9. The van der Waals surface area contributed by atoms with E-state index in [4.69, 9.17) is 9.97 Å². The van der Waals surface area contributed by atoms with Crippen molar-refractivity contribution in [2.24, 2.45) is 0 Å². The Labute approximate surface area is 267 Å². The van der Waals surface area contributed by atoms with Crippen molar-refractivity contribution >= 4 is 75.0 Å². The molecule has 0 radical (unpaired) electrons. The Bertz CT molecular complexity index is 2910.